The first-order valence-electron chi connectivity index (χ1n) is 5.44. The van der Waals surface area contributed by atoms with Crippen LogP contribution in [0.5, 0.6) is 0 Å². The van der Waals surface area contributed by atoms with Gasteiger partial charge in [-0.1, -0.05) is 17.7 Å². The lowest BCUT2D eigenvalue weighted by Gasteiger charge is -2.10. The van der Waals surface area contributed by atoms with Crippen LogP contribution in [0.2, 0.25) is 0 Å². The maximum Gasteiger partial charge on any atom is 0.128 e. The van der Waals surface area contributed by atoms with Crippen LogP contribution >= 0.6 is 11.3 Å². The molecule has 4 heteroatoms. The molecular weight excluding hydrogens is 235 g/mol. The number of aryl methyl sites for hydroxylation is 3. The second kappa shape index (κ2) is 4.55. The molecule has 0 amide bonds. The Kier molecular flexibility index (Phi) is 3.26. The van der Waals surface area contributed by atoms with Crippen molar-refractivity contribution in [2.45, 2.75) is 26.8 Å². The summed E-state index contributed by atoms with van der Waals surface area (Å²) in [4.78, 5) is 5.51. The van der Waals surface area contributed by atoms with Gasteiger partial charge in [0.15, 0.2) is 0 Å². The van der Waals surface area contributed by atoms with Gasteiger partial charge < -0.3 is 5.73 Å². The molecular formula is C13H15FN2S. The lowest BCUT2D eigenvalue weighted by atomic mass is 10.0. The number of nitrogens with two attached hydrogens (primary N) is 1. The predicted octanol–water partition coefficient (Wildman–Crippen LogP) is 3.26. The van der Waals surface area contributed by atoms with Crippen molar-refractivity contribution in [3.05, 3.63) is 50.7 Å². The van der Waals surface area contributed by atoms with E-state index in [4.69, 9.17) is 5.73 Å². The second-order valence-corrected chi connectivity index (χ2v) is 5.43. The first-order valence-corrected chi connectivity index (χ1v) is 6.26. The molecule has 0 spiro atoms. The van der Waals surface area contributed by atoms with Gasteiger partial charge in [0, 0.05) is 10.4 Å². The van der Waals surface area contributed by atoms with E-state index in [0.717, 1.165) is 21.1 Å². The number of aromatic nitrogens is 1. The van der Waals surface area contributed by atoms with E-state index in [9.17, 15) is 4.39 Å². The molecule has 17 heavy (non-hydrogen) atoms. The molecule has 1 atom stereocenters. The van der Waals surface area contributed by atoms with E-state index >= 15 is 0 Å². The highest BCUT2D eigenvalue weighted by molar-refractivity contribution is 7.11. The molecule has 2 rings (SSSR count). The molecule has 0 saturated heterocycles. The summed E-state index contributed by atoms with van der Waals surface area (Å²) in [7, 11) is 0. The monoisotopic (exact) mass is 250 g/mol. The van der Waals surface area contributed by atoms with Gasteiger partial charge in [0.2, 0.25) is 0 Å². The smallest absolute Gasteiger partial charge is 0.128 e. The lowest BCUT2D eigenvalue weighted by molar-refractivity contribution is 0.598. The summed E-state index contributed by atoms with van der Waals surface area (Å²) in [5.41, 5.74) is 8.56. The van der Waals surface area contributed by atoms with Crippen LogP contribution in [-0.2, 0) is 0 Å². The quantitative estimate of drug-likeness (QED) is 0.888. The number of hydrogen-bond acceptors (Lipinski definition) is 3. The van der Waals surface area contributed by atoms with E-state index in [1.807, 2.05) is 20.8 Å². The molecule has 2 aromatic rings. The van der Waals surface area contributed by atoms with E-state index in [-0.39, 0.29) is 5.82 Å². The Labute approximate surface area is 104 Å². The van der Waals surface area contributed by atoms with Gasteiger partial charge in [-0.2, -0.15) is 0 Å². The Morgan fingerprint density at radius 3 is 2.59 bits per heavy atom. The molecule has 1 aromatic heterocycles. The van der Waals surface area contributed by atoms with Crippen molar-refractivity contribution in [1.29, 1.82) is 0 Å². The number of rotatable bonds is 2. The van der Waals surface area contributed by atoms with Crippen LogP contribution in [0, 0.1) is 26.6 Å². The van der Waals surface area contributed by atoms with Gasteiger partial charge in [-0.05, 0) is 26.8 Å². The molecule has 90 valence electrons. The second-order valence-electron chi connectivity index (χ2n) is 4.20. The minimum atomic E-state index is -0.479. The zero-order chi connectivity index (χ0) is 12.6. The molecule has 2 N–H and O–H groups in total. The van der Waals surface area contributed by atoms with E-state index in [1.54, 1.807) is 12.1 Å². The molecule has 1 aromatic carbocycles. The summed E-state index contributed by atoms with van der Waals surface area (Å²) in [6.45, 7) is 5.86. The average molecular weight is 250 g/mol. The molecule has 0 radical (unpaired) electrons. The third-order valence-electron chi connectivity index (χ3n) is 2.80. The van der Waals surface area contributed by atoms with E-state index < -0.39 is 6.04 Å². The highest BCUT2D eigenvalue weighted by atomic mass is 32.1. The number of nitrogens with zero attached hydrogens (tertiary/aromatic N) is 1. The third kappa shape index (κ3) is 2.37. The van der Waals surface area contributed by atoms with Crippen LogP contribution < -0.4 is 5.73 Å². The fraction of sp³-hybridized carbons (Fsp3) is 0.308. The number of thiazole rings is 1. The minimum Gasteiger partial charge on any atom is -0.318 e. The summed E-state index contributed by atoms with van der Waals surface area (Å²) < 4.78 is 13.7. The van der Waals surface area contributed by atoms with Crippen molar-refractivity contribution in [1.82, 2.24) is 4.98 Å². The third-order valence-corrected chi connectivity index (χ3v) is 3.95. The maximum absolute atomic E-state index is 13.7. The van der Waals surface area contributed by atoms with Crippen LogP contribution in [-0.4, -0.2) is 4.98 Å². The van der Waals surface area contributed by atoms with Gasteiger partial charge in [0.25, 0.3) is 0 Å². The summed E-state index contributed by atoms with van der Waals surface area (Å²) in [6, 6.07) is 4.50. The van der Waals surface area contributed by atoms with Gasteiger partial charge in [-0.3, -0.25) is 0 Å². The molecule has 0 aliphatic heterocycles. The van der Waals surface area contributed by atoms with Crippen molar-refractivity contribution in [2.75, 3.05) is 0 Å². The molecule has 1 unspecified atom stereocenters. The SMILES string of the molecule is Cc1ccc(F)c(C(N)c2nc(C)c(C)s2)c1. The molecule has 2 nitrogen and oxygen atoms in total. The Hall–Kier alpha value is -1.26. The first-order chi connectivity index (χ1) is 7.99. The van der Waals surface area contributed by atoms with Crippen molar-refractivity contribution in [3.8, 4) is 0 Å². The van der Waals surface area contributed by atoms with Crippen molar-refractivity contribution in [2.24, 2.45) is 5.73 Å². The summed E-state index contributed by atoms with van der Waals surface area (Å²) in [6.07, 6.45) is 0. The zero-order valence-electron chi connectivity index (χ0n) is 10.1. The Morgan fingerprint density at radius 2 is 2.00 bits per heavy atom. The Morgan fingerprint density at radius 1 is 1.29 bits per heavy atom. The van der Waals surface area contributed by atoms with E-state index in [0.29, 0.717) is 5.56 Å². The van der Waals surface area contributed by atoms with Crippen molar-refractivity contribution in [3.63, 3.8) is 0 Å². The molecule has 0 bridgehead atoms. The van der Waals surface area contributed by atoms with Crippen LogP contribution in [0.15, 0.2) is 18.2 Å². The zero-order valence-corrected chi connectivity index (χ0v) is 10.9. The first kappa shape index (κ1) is 12.2. The molecule has 1 heterocycles. The fourth-order valence-electron chi connectivity index (χ4n) is 1.67. The largest absolute Gasteiger partial charge is 0.318 e. The molecule has 0 saturated carbocycles. The number of hydrogen-bond donors (Lipinski definition) is 1. The summed E-state index contributed by atoms with van der Waals surface area (Å²) in [5.74, 6) is -0.270. The highest BCUT2D eigenvalue weighted by Crippen LogP contribution is 2.28. The van der Waals surface area contributed by atoms with Gasteiger partial charge in [0.05, 0.1) is 11.7 Å². The van der Waals surface area contributed by atoms with Gasteiger partial charge in [-0.25, -0.2) is 9.37 Å². The van der Waals surface area contributed by atoms with Gasteiger partial charge in [-0.15, -0.1) is 11.3 Å². The summed E-state index contributed by atoms with van der Waals surface area (Å²) in [5, 5.41) is 0.768. The van der Waals surface area contributed by atoms with Gasteiger partial charge >= 0.3 is 0 Å². The molecule has 0 aliphatic rings. The standard InChI is InChI=1S/C13H15FN2S/c1-7-4-5-11(14)10(6-7)12(15)13-16-8(2)9(3)17-13/h4-6,12H,15H2,1-3H3. The van der Waals surface area contributed by atoms with Crippen LogP contribution in [0.3, 0.4) is 0 Å². The highest BCUT2D eigenvalue weighted by Gasteiger charge is 2.17. The lowest BCUT2D eigenvalue weighted by Crippen LogP contribution is -2.13. The molecule has 0 aliphatic carbocycles. The topological polar surface area (TPSA) is 38.9 Å². The van der Waals surface area contributed by atoms with Crippen molar-refractivity contribution < 1.29 is 4.39 Å². The molecule has 0 fully saturated rings. The van der Waals surface area contributed by atoms with Crippen LogP contribution in [0.4, 0.5) is 4.39 Å². The minimum absolute atomic E-state index is 0.270. The average Bonchev–Trinajstić information content (AvgIpc) is 2.62. The summed E-state index contributed by atoms with van der Waals surface area (Å²) >= 11 is 1.53. The normalized spacial score (nSPS) is 12.8. The van der Waals surface area contributed by atoms with E-state index in [1.165, 1.54) is 17.4 Å². The number of benzene rings is 1. The number of halogens is 1. The maximum atomic E-state index is 13.7. The van der Waals surface area contributed by atoms with Crippen molar-refractivity contribution >= 4 is 11.3 Å². The van der Waals surface area contributed by atoms with Crippen LogP contribution in [0.1, 0.15) is 32.7 Å². The van der Waals surface area contributed by atoms with E-state index in [2.05, 4.69) is 4.98 Å². The fourth-order valence-corrected chi connectivity index (χ4v) is 2.61. The Bertz CT molecular complexity index is 529. The Balaban J connectivity index is 2.42. The van der Waals surface area contributed by atoms with Gasteiger partial charge in [0.1, 0.15) is 10.8 Å². The predicted molar refractivity (Wildman–Crippen MR) is 68.8 cm³/mol. The van der Waals surface area contributed by atoms with Crippen LogP contribution in [0.25, 0.3) is 0 Å².